The molecule has 0 aliphatic carbocycles. The Morgan fingerprint density at radius 3 is 2.38 bits per heavy atom. The molecule has 0 aromatic rings. The van der Waals surface area contributed by atoms with Crippen molar-refractivity contribution in [3.63, 3.8) is 0 Å². The molecule has 6 nitrogen and oxygen atoms in total. The molecule has 2 rings (SSSR count). The van der Waals surface area contributed by atoms with Gasteiger partial charge in [-0.3, -0.25) is 14.5 Å². The summed E-state index contributed by atoms with van der Waals surface area (Å²) in [7, 11) is 0. The van der Waals surface area contributed by atoms with E-state index in [1.54, 1.807) is 11.8 Å². The third-order valence-electron chi connectivity index (χ3n) is 5.13. The van der Waals surface area contributed by atoms with E-state index in [2.05, 4.69) is 12.2 Å². The van der Waals surface area contributed by atoms with Gasteiger partial charge in [0.25, 0.3) is 5.91 Å². The molecule has 0 bridgehead atoms. The SMILES string of the molecule is CCCCCCC1(C)NC(=O)N(CC(=O)N2CCCCCC2)C1=O. The minimum absolute atomic E-state index is 0.115. The van der Waals surface area contributed by atoms with Crippen molar-refractivity contribution in [3.05, 3.63) is 0 Å². The molecule has 0 aromatic carbocycles. The summed E-state index contributed by atoms with van der Waals surface area (Å²) >= 11 is 0. The molecule has 1 unspecified atom stereocenters. The van der Waals surface area contributed by atoms with Gasteiger partial charge in [-0.1, -0.05) is 45.4 Å². The van der Waals surface area contributed by atoms with E-state index >= 15 is 0 Å². The Balaban J connectivity index is 1.91. The number of rotatable bonds is 7. The van der Waals surface area contributed by atoms with Gasteiger partial charge in [-0.05, 0) is 26.2 Å². The van der Waals surface area contributed by atoms with Gasteiger partial charge in [0.05, 0.1) is 0 Å². The molecule has 6 heteroatoms. The highest BCUT2D eigenvalue weighted by Crippen LogP contribution is 2.24. The first-order valence-electron chi connectivity index (χ1n) is 9.40. The number of urea groups is 1. The number of nitrogens with one attached hydrogen (secondary N) is 1. The van der Waals surface area contributed by atoms with Crippen LogP contribution in [0.15, 0.2) is 0 Å². The summed E-state index contributed by atoms with van der Waals surface area (Å²) in [6.45, 7) is 5.25. The van der Waals surface area contributed by atoms with Crippen molar-refractivity contribution in [2.75, 3.05) is 19.6 Å². The minimum Gasteiger partial charge on any atom is -0.341 e. The predicted molar refractivity (Wildman–Crippen MR) is 92.5 cm³/mol. The zero-order chi connectivity index (χ0) is 17.6. The highest BCUT2D eigenvalue weighted by Gasteiger charge is 2.47. The number of carbonyl (C=O) groups excluding carboxylic acids is 3. The van der Waals surface area contributed by atoms with E-state index in [1.165, 1.54) is 0 Å². The smallest absolute Gasteiger partial charge is 0.325 e. The van der Waals surface area contributed by atoms with Crippen LogP contribution in [0.25, 0.3) is 0 Å². The number of nitrogens with zero attached hydrogens (tertiary/aromatic N) is 2. The molecule has 0 aromatic heterocycles. The van der Waals surface area contributed by atoms with Crippen LogP contribution in [0.1, 0.15) is 71.6 Å². The van der Waals surface area contributed by atoms with Gasteiger partial charge in [-0.25, -0.2) is 4.79 Å². The van der Waals surface area contributed by atoms with Crippen LogP contribution in [0, 0.1) is 0 Å². The molecule has 1 atom stereocenters. The summed E-state index contributed by atoms with van der Waals surface area (Å²) in [6.07, 6.45) is 9.15. The summed E-state index contributed by atoms with van der Waals surface area (Å²) in [4.78, 5) is 40.2. The van der Waals surface area contributed by atoms with Crippen LogP contribution in [-0.4, -0.2) is 52.8 Å². The number of hydrogen-bond donors (Lipinski definition) is 1. The van der Waals surface area contributed by atoms with E-state index in [0.29, 0.717) is 6.42 Å². The van der Waals surface area contributed by atoms with Gasteiger partial charge in [0.1, 0.15) is 12.1 Å². The fraction of sp³-hybridized carbons (Fsp3) is 0.833. The first kappa shape index (κ1) is 18.7. The zero-order valence-electron chi connectivity index (χ0n) is 15.1. The molecule has 2 heterocycles. The Bertz CT molecular complexity index is 472. The van der Waals surface area contributed by atoms with Crippen molar-refractivity contribution in [1.29, 1.82) is 0 Å². The van der Waals surface area contributed by atoms with Crippen LogP contribution in [0.4, 0.5) is 4.79 Å². The van der Waals surface area contributed by atoms with Crippen molar-refractivity contribution in [3.8, 4) is 0 Å². The lowest BCUT2D eigenvalue weighted by atomic mass is 9.94. The third-order valence-corrected chi connectivity index (χ3v) is 5.13. The summed E-state index contributed by atoms with van der Waals surface area (Å²) < 4.78 is 0. The van der Waals surface area contributed by atoms with Gasteiger partial charge in [0.15, 0.2) is 0 Å². The number of carbonyl (C=O) groups is 3. The lowest BCUT2D eigenvalue weighted by Crippen LogP contribution is -2.46. The molecule has 1 N–H and O–H groups in total. The lowest BCUT2D eigenvalue weighted by Gasteiger charge is -2.24. The van der Waals surface area contributed by atoms with Crippen LogP contribution in [-0.2, 0) is 9.59 Å². The largest absolute Gasteiger partial charge is 0.341 e. The van der Waals surface area contributed by atoms with Crippen molar-refractivity contribution in [2.24, 2.45) is 0 Å². The van der Waals surface area contributed by atoms with Gasteiger partial charge in [-0.2, -0.15) is 0 Å². The fourth-order valence-electron chi connectivity index (χ4n) is 3.52. The van der Waals surface area contributed by atoms with Crippen LogP contribution >= 0.6 is 0 Å². The maximum absolute atomic E-state index is 12.7. The van der Waals surface area contributed by atoms with E-state index in [4.69, 9.17) is 0 Å². The molecule has 136 valence electrons. The zero-order valence-corrected chi connectivity index (χ0v) is 15.1. The van der Waals surface area contributed by atoms with E-state index < -0.39 is 11.6 Å². The van der Waals surface area contributed by atoms with Gasteiger partial charge < -0.3 is 10.2 Å². The van der Waals surface area contributed by atoms with E-state index in [0.717, 1.165) is 69.4 Å². The first-order chi connectivity index (χ1) is 11.5. The molecule has 0 radical (unpaired) electrons. The molecule has 0 saturated carbocycles. The predicted octanol–water partition coefficient (Wildman–Crippen LogP) is 2.67. The first-order valence-corrected chi connectivity index (χ1v) is 9.40. The summed E-state index contributed by atoms with van der Waals surface area (Å²) in [5.74, 6) is -0.372. The quantitative estimate of drug-likeness (QED) is 0.573. The molecule has 2 fully saturated rings. The highest BCUT2D eigenvalue weighted by molar-refractivity contribution is 6.08. The number of imide groups is 1. The Labute approximate surface area is 144 Å². The minimum atomic E-state index is -0.857. The fourth-order valence-corrected chi connectivity index (χ4v) is 3.52. The molecule has 0 spiro atoms. The molecule has 4 amide bonds. The molecular weight excluding hydrogens is 306 g/mol. The normalized spacial score (nSPS) is 24.9. The average Bonchev–Trinajstić information content (AvgIpc) is 2.78. The maximum Gasteiger partial charge on any atom is 0.325 e. The van der Waals surface area contributed by atoms with E-state index in [1.807, 2.05) is 0 Å². The van der Waals surface area contributed by atoms with Crippen molar-refractivity contribution >= 4 is 17.8 Å². The molecule has 2 aliphatic rings. The third kappa shape index (κ3) is 4.48. The summed E-state index contributed by atoms with van der Waals surface area (Å²) in [6, 6.07) is -0.429. The van der Waals surface area contributed by atoms with Gasteiger partial charge in [0.2, 0.25) is 5.91 Å². The summed E-state index contributed by atoms with van der Waals surface area (Å²) in [5.41, 5.74) is -0.857. The Hall–Kier alpha value is -1.59. The van der Waals surface area contributed by atoms with Gasteiger partial charge >= 0.3 is 6.03 Å². The Kier molecular flexibility index (Phi) is 6.63. The van der Waals surface area contributed by atoms with Gasteiger partial charge in [-0.15, -0.1) is 0 Å². The number of unbranched alkanes of at least 4 members (excludes halogenated alkanes) is 3. The maximum atomic E-state index is 12.7. The van der Waals surface area contributed by atoms with Crippen molar-refractivity contribution in [1.82, 2.24) is 15.1 Å². The van der Waals surface area contributed by atoms with Crippen LogP contribution in [0.5, 0.6) is 0 Å². The lowest BCUT2D eigenvalue weighted by molar-refractivity contribution is -0.138. The number of amides is 4. The van der Waals surface area contributed by atoms with E-state index in [9.17, 15) is 14.4 Å². The average molecular weight is 337 g/mol. The summed E-state index contributed by atoms with van der Waals surface area (Å²) in [5, 5.41) is 2.79. The van der Waals surface area contributed by atoms with Crippen molar-refractivity contribution < 1.29 is 14.4 Å². The van der Waals surface area contributed by atoms with Crippen molar-refractivity contribution in [2.45, 2.75) is 77.2 Å². The van der Waals surface area contributed by atoms with Crippen LogP contribution < -0.4 is 5.32 Å². The van der Waals surface area contributed by atoms with Gasteiger partial charge in [0, 0.05) is 13.1 Å². The highest BCUT2D eigenvalue weighted by atomic mass is 16.2. The molecule has 24 heavy (non-hydrogen) atoms. The monoisotopic (exact) mass is 337 g/mol. The number of hydrogen-bond acceptors (Lipinski definition) is 3. The Morgan fingerprint density at radius 1 is 1.08 bits per heavy atom. The topological polar surface area (TPSA) is 69.7 Å². The second-order valence-corrected chi connectivity index (χ2v) is 7.26. The Morgan fingerprint density at radius 2 is 1.75 bits per heavy atom. The van der Waals surface area contributed by atoms with Crippen LogP contribution in [0.2, 0.25) is 0 Å². The standard InChI is InChI=1S/C18H31N3O3/c1-3-4-5-8-11-18(2)16(23)21(17(24)19-18)14-15(22)20-12-9-6-7-10-13-20/h3-14H2,1-2H3,(H,19,24). The second-order valence-electron chi connectivity index (χ2n) is 7.26. The van der Waals surface area contributed by atoms with E-state index in [-0.39, 0.29) is 18.4 Å². The van der Waals surface area contributed by atoms with Crippen LogP contribution in [0.3, 0.4) is 0 Å². The number of likely N-dealkylation sites (tertiary alicyclic amines) is 1. The molecule has 2 saturated heterocycles. The second kappa shape index (κ2) is 8.49. The molecule has 2 aliphatic heterocycles. The molecular formula is C18H31N3O3.